The summed E-state index contributed by atoms with van der Waals surface area (Å²) in [5.41, 5.74) is 8.58. The summed E-state index contributed by atoms with van der Waals surface area (Å²) in [5.74, 6) is 0. The van der Waals surface area contributed by atoms with Gasteiger partial charge in [0.05, 0.1) is 13.2 Å². The largest absolute Gasteiger partial charge is 0.373 e. The molecule has 0 spiro atoms. The van der Waals surface area contributed by atoms with E-state index >= 15 is 0 Å². The molecular weight excluding hydrogens is 424 g/mol. The minimum absolute atomic E-state index is 0.0930. The van der Waals surface area contributed by atoms with Crippen LogP contribution in [0.3, 0.4) is 0 Å². The van der Waals surface area contributed by atoms with Crippen LogP contribution in [0.2, 0.25) is 0 Å². The van der Waals surface area contributed by atoms with Crippen molar-refractivity contribution >= 4 is 12.2 Å². The van der Waals surface area contributed by atoms with E-state index in [2.05, 4.69) is 144 Å². The maximum atomic E-state index is 6.01. The van der Waals surface area contributed by atoms with Gasteiger partial charge in [0.15, 0.2) is 0 Å². The highest BCUT2D eigenvalue weighted by Gasteiger charge is 2.25. The zero-order valence-corrected chi connectivity index (χ0v) is 24.6. The van der Waals surface area contributed by atoms with E-state index in [0.717, 1.165) is 0 Å². The first-order valence-corrected chi connectivity index (χ1v) is 13.1. The lowest BCUT2D eigenvalue weighted by molar-refractivity contribution is 0.195. The molecule has 35 heavy (non-hydrogen) atoms. The minimum atomic E-state index is 0.0930. The number of hydrogen-bond donors (Lipinski definition) is 0. The second-order valence-electron chi connectivity index (χ2n) is 13.9. The smallest absolute Gasteiger partial charge is 0.0655 e. The molecule has 0 unspecified atom stereocenters. The van der Waals surface area contributed by atoms with E-state index in [1.807, 2.05) is 0 Å². The molecule has 0 radical (unpaired) electrons. The highest BCUT2D eigenvalue weighted by atomic mass is 16.5. The van der Waals surface area contributed by atoms with Crippen molar-refractivity contribution in [2.24, 2.45) is 0 Å². The lowest BCUT2D eigenvalue weighted by Crippen LogP contribution is -2.19. The predicted molar refractivity (Wildman–Crippen MR) is 157 cm³/mol. The topological polar surface area (TPSA) is 9.23 Å². The van der Waals surface area contributed by atoms with Gasteiger partial charge in [-0.25, -0.2) is 0 Å². The van der Waals surface area contributed by atoms with Crippen molar-refractivity contribution < 1.29 is 4.74 Å². The van der Waals surface area contributed by atoms with Gasteiger partial charge in [0.25, 0.3) is 0 Å². The summed E-state index contributed by atoms with van der Waals surface area (Å²) in [6.07, 6.45) is 8.85. The molecule has 2 aromatic rings. The molecule has 0 saturated heterocycles. The lowest BCUT2D eigenvalue weighted by Gasteiger charge is -2.28. The molecular formula is C34H50O. The van der Waals surface area contributed by atoms with Crippen molar-refractivity contribution in [1.29, 1.82) is 0 Å². The van der Waals surface area contributed by atoms with Gasteiger partial charge in [0.2, 0.25) is 0 Å². The molecule has 0 atom stereocenters. The fraction of sp³-hybridized carbons (Fsp3) is 0.529. The second-order valence-corrected chi connectivity index (χ2v) is 13.9. The van der Waals surface area contributed by atoms with Gasteiger partial charge in [-0.2, -0.15) is 0 Å². The van der Waals surface area contributed by atoms with E-state index in [-0.39, 0.29) is 21.7 Å². The van der Waals surface area contributed by atoms with Crippen LogP contribution in [-0.2, 0) is 26.4 Å². The Morgan fingerprint density at radius 1 is 0.486 bits per heavy atom. The minimum Gasteiger partial charge on any atom is -0.373 e. The third kappa shape index (κ3) is 7.94. The van der Waals surface area contributed by atoms with Crippen molar-refractivity contribution in [3.63, 3.8) is 0 Å². The summed E-state index contributed by atoms with van der Waals surface area (Å²) in [5, 5.41) is 0. The van der Waals surface area contributed by atoms with Gasteiger partial charge in [0, 0.05) is 0 Å². The van der Waals surface area contributed by atoms with Gasteiger partial charge in [0.1, 0.15) is 0 Å². The van der Waals surface area contributed by atoms with E-state index in [1.54, 1.807) is 0 Å². The van der Waals surface area contributed by atoms with Gasteiger partial charge >= 0.3 is 0 Å². The molecule has 0 N–H and O–H groups in total. The third-order valence-corrected chi connectivity index (χ3v) is 6.44. The van der Waals surface area contributed by atoms with Gasteiger partial charge in [-0.3, -0.25) is 0 Å². The SMILES string of the molecule is CC(C)(C)c1cccc(C(C)(C)C)c1C=CCOCC=Cc1c(C(C)(C)C)cccc1C(C)(C)C. The summed E-state index contributed by atoms with van der Waals surface area (Å²) in [7, 11) is 0. The molecule has 2 aromatic carbocycles. The van der Waals surface area contributed by atoms with Crippen molar-refractivity contribution in [1.82, 2.24) is 0 Å². The summed E-state index contributed by atoms with van der Waals surface area (Å²) in [6, 6.07) is 13.4. The first-order chi connectivity index (χ1) is 15.9. The van der Waals surface area contributed by atoms with E-state index in [0.29, 0.717) is 13.2 Å². The highest BCUT2D eigenvalue weighted by Crippen LogP contribution is 2.36. The fourth-order valence-corrected chi connectivity index (χ4v) is 4.64. The number of rotatable bonds is 6. The predicted octanol–water partition coefficient (Wildman–Crippen LogP) is 9.62. The summed E-state index contributed by atoms with van der Waals surface area (Å²) in [4.78, 5) is 0. The van der Waals surface area contributed by atoms with Gasteiger partial charge in [-0.05, 0) is 55.0 Å². The van der Waals surface area contributed by atoms with E-state index in [9.17, 15) is 0 Å². The average Bonchev–Trinajstić information content (AvgIpc) is 2.70. The summed E-state index contributed by atoms with van der Waals surface area (Å²) in [6.45, 7) is 28.6. The Morgan fingerprint density at radius 3 is 0.971 bits per heavy atom. The Balaban J connectivity index is 2.19. The maximum absolute atomic E-state index is 6.01. The van der Waals surface area contributed by atoms with Crippen molar-refractivity contribution in [2.75, 3.05) is 13.2 Å². The van der Waals surface area contributed by atoms with Crippen LogP contribution < -0.4 is 0 Å². The standard InChI is InChI=1S/C34H50O/c1-31(2,3)27-19-13-20-28(32(4,5)6)25(27)17-15-23-35-24-16-18-26-29(33(7,8)9)21-14-22-30(26)34(10,11)12/h13-22H,23-24H2,1-12H3. The molecule has 1 nitrogen and oxygen atoms in total. The first-order valence-electron chi connectivity index (χ1n) is 13.1. The van der Waals surface area contributed by atoms with E-state index in [4.69, 9.17) is 4.74 Å². The van der Waals surface area contributed by atoms with Crippen LogP contribution in [0.15, 0.2) is 48.6 Å². The Morgan fingerprint density at radius 2 is 0.743 bits per heavy atom. The first kappa shape index (κ1) is 29.1. The molecule has 2 rings (SSSR count). The second kappa shape index (κ2) is 10.9. The molecule has 0 aliphatic carbocycles. The number of benzene rings is 2. The van der Waals surface area contributed by atoms with Crippen LogP contribution in [0.5, 0.6) is 0 Å². The van der Waals surface area contributed by atoms with Crippen LogP contribution in [0, 0.1) is 0 Å². The Hall–Kier alpha value is -2.12. The van der Waals surface area contributed by atoms with E-state index in [1.165, 1.54) is 33.4 Å². The van der Waals surface area contributed by atoms with Gasteiger partial charge in [-0.15, -0.1) is 0 Å². The molecule has 0 aromatic heterocycles. The molecule has 0 aliphatic rings. The molecule has 1 heteroatoms. The lowest BCUT2D eigenvalue weighted by atomic mass is 9.76. The quantitative estimate of drug-likeness (QED) is 0.379. The third-order valence-electron chi connectivity index (χ3n) is 6.44. The molecule has 0 amide bonds. The van der Waals surface area contributed by atoms with Crippen LogP contribution >= 0.6 is 0 Å². The molecule has 0 aliphatic heterocycles. The molecule has 192 valence electrons. The zero-order chi connectivity index (χ0) is 26.7. The van der Waals surface area contributed by atoms with Crippen LogP contribution in [0.4, 0.5) is 0 Å². The van der Waals surface area contributed by atoms with Crippen LogP contribution in [0.1, 0.15) is 116 Å². The van der Waals surface area contributed by atoms with E-state index < -0.39 is 0 Å². The molecule has 0 bridgehead atoms. The number of ether oxygens (including phenoxy) is 1. The Bertz CT molecular complexity index is 888. The fourth-order valence-electron chi connectivity index (χ4n) is 4.64. The number of hydrogen-bond acceptors (Lipinski definition) is 1. The molecule has 0 fully saturated rings. The maximum Gasteiger partial charge on any atom is 0.0655 e. The highest BCUT2D eigenvalue weighted by molar-refractivity contribution is 5.62. The summed E-state index contributed by atoms with van der Waals surface area (Å²) >= 11 is 0. The Kier molecular flexibility index (Phi) is 9.04. The van der Waals surface area contributed by atoms with Gasteiger partial charge in [-0.1, -0.05) is 144 Å². The normalized spacial score (nSPS) is 13.8. The van der Waals surface area contributed by atoms with Crippen LogP contribution in [-0.4, -0.2) is 13.2 Å². The molecule has 0 heterocycles. The van der Waals surface area contributed by atoms with Gasteiger partial charge < -0.3 is 4.74 Å². The van der Waals surface area contributed by atoms with Crippen molar-refractivity contribution in [3.8, 4) is 0 Å². The monoisotopic (exact) mass is 474 g/mol. The zero-order valence-electron chi connectivity index (χ0n) is 24.6. The average molecular weight is 475 g/mol. The van der Waals surface area contributed by atoms with Crippen molar-refractivity contribution in [2.45, 2.75) is 105 Å². The van der Waals surface area contributed by atoms with Crippen molar-refractivity contribution in [3.05, 3.63) is 81.9 Å². The Labute approximate surface area is 216 Å². The van der Waals surface area contributed by atoms with Crippen LogP contribution in [0.25, 0.3) is 12.2 Å². The summed E-state index contributed by atoms with van der Waals surface area (Å²) < 4.78 is 6.01. The molecule has 0 saturated carbocycles.